The van der Waals surface area contributed by atoms with Crippen molar-refractivity contribution in [1.29, 1.82) is 0 Å². The minimum atomic E-state index is -0.383. The van der Waals surface area contributed by atoms with Crippen molar-refractivity contribution in [3.63, 3.8) is 0 Å². The molecule has 0 heterocycles. The highest BCUT2D eigenvalue weighted by molar-refractivity contribution is 14.1. The summed E-state index contributed by atoms with van der Waals surface area (Å²) in [6.45, 7) is 0. The molecule has 13 heavy (non-hydrogen) atoms. The second-order valence-corrected chi connectivity index (χ2v) is 3.42. The van der Waals surface area contributed by atoms with E-state index in [2.05, 4.69) is 10.3 Å². The Bertz CT molecular complexity index is 330. The third kappa shape index (κ3) is 2.63. The first-order chi connectivity index (χ1) is 6.15. The summed E-state index contributed by atoms with van der Waals surface area (Å²) < 4.78 is 13.2. The van der Waals surface area contributed by atoms with Crippen molar-refractivity contribution in [2.24, 2.45) is 0 Å². The molecular weight excluding hydrogens is 288 g/mol. The molecule has 1 N–H and O–H groups in total. The number of halogens is 2. The molecule has 0 fully saturated rings. The summed E-state index contributed by atoms with van der Waals surface area (Å²) in [7, 11) is 1.34. The van der Waals surface area contributed by atoms with Crippen LogP contribution in [0.5, 0.6) is 0 Å². The van der Waals surface area contributed by atoms with Gasteiger partial charge in [-0.2, -0.15) is 0 Å². The predicted molar refractivity (Wildman–Crippen MR) is 53.6 cm³/mol. The third-order valence-corrected chi connectivity index (χ3v) is 2.26. The normalized spacial score (nSPS) is 9.77. The fraction of sp³-hybridized carbons (Fsp3) is 0.125. The van der Waals surface area contributed by atoms with Crippen molar-refractivity contribution in [2.75, 3.05) is 7.11 Å². The van der Waals surface area contributed by atoms with Gasteiger partial charge in [-0.05, 0) is 40.8 Å². The zero-order chi connectivity index (χ0) is 9.84. The minimum Gasteiger partial charge on any atom is -0.277 e. The molecular formula is C8H7FINO2. The number of hydrogen-bond donors (Lipinski definition) is 1. The summed E-state index contributed by atoms with van der Waals surface area (Å²) in [4.78, 5) is 15.7. The van der Waals surface area contributed by atoms with Gasteiger partial charge in [0.15, 0.2) is 0 Å². The van der Waals surface area contributed by atoms with E-state index in [4.69, 9.17) is 0 Å². The lowest BCUT2D eigenvalue weighted by Crippen LogP contribution is -2.22. The predicted octanol–water partition coefficient (Wildman–Crippen LogP) is 1.72. The molecule has 0 bridgehead atoms. The van der Waals surface area contributed by atoms with Crippen molar-refractivity contribution in [1.82, 2.24) is 5.48 Å². The van der Waals surface area contributed by atoms with E-state index < -0.39 is 0 Å². The van der Waals surface area contributed by atoms with Crippen molar-refractivity contribution in [3.05, 3.63) is 33.1 Å². The zero-order valence-corrected chi connectivity index (χ0v) is 8.96. The molecule has 0 saturated heterocycles. The van der Waals surface area contributed by atoms with Crippen LogP contribution in [0.25, 0.3) is 0 Å². The molecule has 0 radical (unpaired) electrons. The van der Waals surface area contributed by atoms with Gasteiger partial charge in [0.2, 0.25) is 0 Å². The number of amides is 1. The maximum atomic E-state index is 12.6. The third-order valence-electron chi connectivity index (χ3n) is 1.37. The molecule has 5 heteroatoms. The molecule has 1 aromatic carbocycles. The Balaban J connectivity index is 2.95. The van der Waals surface area contributed by atoms with Gasteiger partial charge in [-0.25, -0.2) is 9.87 Å². The molecule has 0 aromatic heterocycles. The first-order valence-electron chi connectivity index (χ1n) is 3.43. The van der Waals surface area contributed by atoms with E-state index in [9.17, 15) is 9.18 Å². The molecule has 0 saturated carbocycles. The molecule has 1 aromatic rings. The van der Waals surface area contributed by atoms with Crippen LogP contribution in [0.2, 0.25) is 0 Å². The van der Waals surface area contributed by atoms with Crippen LogP contribution in [0.1, 0.15) is 10.4 Å². The highest BCUT2D eigenvalue weighted by Gasteiger charge is 2.09. The highest BCUT2D eigenvalue weighted by Crippen LogP contribution is 2.13. The maximum absolute atomic E-state index is 12.6. The molecule has 3 nitrogen and oxygen atoms in total. The van der Waals surface area contributed by atoms with Crippen molar-refractivity contribution in [2.45, 2.75) is 0 Å². The van der Waals surface area contributed by atoms with Crippen LogP contribution in [-0.2, 0) is 4.84 Å². The van der Waals surface area contributed by atoms with Gasteiger partial charge in [-0.3, -0.25) is 9.63 Å². The lowest BCUT2D eigenvalue weighted by molar-refractivity contribution is 0.0536. The molecule has 0 aliphatic heterocycles. The van der Waals surface area contributed by atoms with E-state index in [1.54, 1.807) is 0 Å². The Morgan fingerprint density at radius 3 is 2.85 bits per heavy atom. The Kier molecular flexibility index (Phi) is 3.61. The lowest BCUT2D eigenvalue weighted by atomic mass is 10.2. The summed E-state index contributed by atoms with van der Waals surface area (Å²) in [6, 6.07) is 3.92. The fourth-order valence-corrected chi connectivity index (χ4v) is 1.54. The first kappa shape index (κ1) is 10.4. The molecule has 0 unspecified atom stereocenters. The zero-order valence-electron chi connectivity index (χ0n) is 6.80. The fourth-order valence-electron chi connectivity index (χ4n) is 0.821. The van der Waals surface area contributed by atoms with Crippen LogP contribution in [0.3, 0.4) is 0 Å². The number of rotatable bonds is 2. The van der Waals surface area contributed by atoms with E-state index in [0.29, 0.717) is 9.13 Å². The number of carbonyl (C=O) groups is 1. The van der Waals surface area contributed by atoms with Crippen LogP contribution < -0.4 is 5.48 Å². The maximum Gasteiger partial charge on any atom is 0.275 e. The van der Waals surface area contributed by atoms with Gasteiger partial charge in [0.1, 0.15) is 5.82 Å². The summed E-state index contributed by atoms with van der Waals surface area (Å²) in [6.07, 6.45) is 0. The van der Waals surface area contributed by atoms with Crippen LogP contribution in [-0.4, -0.2) is 13.0 Å². The van der Waals surface area contributed by atoms with Crippen LogP contribution >= 0.6 is 22.6 Å². The standard InChI is InChI=1S/C8H7FINO2/c1-13-11-8(12)6-3-2-5(9)4-7(6)10/h2-4H,1H3,(H,11,12). The van der Waals surface area contributed by atoms with Gasteiger partial charge in [0.05, 0.1) is 12.7 Å². The quantitative estimate of drug-likeness (QED) is 0.666. The minimum absolute atomic E-state index is 0.363. The monoisotopic (exact) mass is 295 g/mol. The van der Waals surface area contributed by atoms with E-state index in [1.165, 1.54) is 25.3 Å². The average Bonchev–Trinajstić information content (AvgIpc) is 2.04. The Morgan fingerprint density at radius 2 is 2.31 bits per heavy atom. The Morgan fingerprint density at radius 1 is 1.62 bits per heavy atom. The van der Waals surface area contributed by atoms with Gasteiger partial charge >= 0.3 is 0 Å². The molecule has 0 atom stereocenters. The van der Waals surface area contributed by atoms with E-state index in [1.807, 2.05) is 22.6 Å². The van der Waals surface area contributed by atoms with Gasteiger partial charge in [-0.15, -0.1) is 0 Å². The van der Waals surface area contributed by atoms with Gasteiger partial charge < -0.3 is 0 Å². The molecule has 0 aliphatic carbocycles. The van der Waals surface area contributed by atoms with Crippen molar-refractivity contribution in [3.8, 4) is 0 Å². The second-order valence-electron chi connectivity index (χ2n) is 2.26. The largest absolute Gasteiger partial charge is 0.277 e. The van der Waals surface area contributed by atoms with Crippen LogP contribution in [0, 0.1) is 9.39 Å². The van der Waals surface area contributed by atoms with Crippen LogP contribution in [0.4, 0.5) is 4.39 Å². The van der Waals surface area contributed by atoms with Crippen molar-refractivity contribution < 1.29 is 14.0 Å². The summed E-state index contributed by atoms with van der Waals surface area (Å²) in [5.74, 6) is -0.745. The molecule has 70 valence electrons. The highest BCUT2D eigenvalue weighted by atomic mass is 127. The molecule has 0 aliphatic rings. The Hall–Kier alpha value is -0.690. The topological polar surface area (TPSA) is 38.3 Å². The van der Waals surface area contributed by atoms with E-state index in [0.717, 1.165) is 0 Å². The number of hydroxylamine groups is 1. The summed E-state index contributed by atoms with van der Waals surface area (Å²) in [5.41, 5.74) is 2.55. The summed E-state index contributed by atoms with van der Waals surface area (Å²) in [5, 5.41) is 0. The van der Waals surface area contributed by atoms with Gasteiger partial charge in [0.25, 0.3) is 5.91 Å². The number of carbonyl (C=O) groups excluding carboxylic acids is 1. The Labute approximate surface area is 88.4 Å². The van der Waals surface area contributed by atoms with Crippen molar-refractivity contribution >= 4 is 28.5 Å². The average molecular weight is 295 g/mol. The van der Waals surface area contributed by atoms with Crippen LogP contribution in [0.15, 0.2) is 18.2 Å². The SMILES string of the molecule is CONC(=O)c1ccc(F)cc1I. The van der Waals surface area contributed by atoms with E-state index >= 15 is 0 Å². The smallest absolute Gasteiger partial charge is 0.275 e. The summed E-state index contributed by atoms with van der Waals surface area (Å²) >= 11 is 1.88. The van der Waals surface area contributed by atoms with Gasteiger partial charge in [0, 0.05) is 3.57 Å². The molecule has 1 rings (SSSR count). The number of benzene rings is 1. The molecule has 0 spiro atoms. The number of hydrogen-bond acceptors (Lipinski definition) is 2. The second kappa shape index (κ2) is 4.52. The number of nitrogens with one attached hydrogen (secondary N) is 1. The lowest BCUT2D eigenvalue weighted by Gasteiger charge is -2.03. The van der Waals surface area contributed by atoms with Gasteiger partial charge in [-0.1, -0.05) is 0 Å². The first-order valence-corrected chi connectivity index (χ1v) is 4.51. The molecule has 1 amide bonds. The van der Waals surface area contributed by atoms with E-state index in [-0.39, 0.29) is 11.7 Å².